The van der Waals surface area contributed by atoms with Crippen LogP contribution in [0.2, 0.25) is 0 Å². The molecule has 0 amide bonds. The number of piperazine rings is 1. The van der Waals surface area contributed by atoms with E-state index in [-0.39, 0.29) is 11.7 Å². The molecule has 0 saturated carbocycles. The fraction of sp³-hybridized carbons (Fsp3) is 0.476. The molecule has 2 aromatic rings. The largest absolute Gasteiger partial charge is 0.481 e. The van der Waals surface area contributed by atoms with E-state index in [2.05, 4.69) is 19.7 Å². The van der Waals surface area contributed by atoms with Crippen molar-refractivity contribution in [1.29, 1.82) is 0 Å². The Morgan fingerprint density at radius 2 is 1.59 bits per heavy atom. The van der Waals surface area contributed by atoms with Gasteiger partial charge in [-0.1, -0.05) is 0 Å². The smallest absolute Gasteiger partial charge is 0.306 e. The normalized spacial score (nSPS) is 18.2. The number of aromatic nitrogens is 2. The predicted octanol–water partition coefficient (Wildman–Crippen LogP) is 2.55. The predicted molar refractivity (Wildman–Crippen MR) is 110 cm³/mol. The number of carboxylic acid groups (broad SMARTS) is 1. The number of aliphatic carboxylic acids is 1. The molecule has 1 aromatic carbocycles. The highest BCUT2D eigenvalue weighted by Crippen LogP contribution is 2.25. The van der Waals surface area contributed by atoms with Crippen molar-refractivity contribution in [2.24, 2.45) is 5.92 Å². The lowest BCUT2D eigenvalue weighted by atomic mass is 9.97. The minimum absolute atomic E-state index is 0.222. The van der Waals surface area contributed by atoms with Crippen molar-refractivity contribution in [3.8, 4) is 0 Å². The first-order valence-electron chi connectivity index (χ1n) is 10.1. The number of hydrogen-bond donors (Lipinski definition) is 1. The van der Waals surface area contributed by atoms with Crippen molar-refractivity contribution in [2.45, 2.75) is 19.8 Å². The number of piperidine rings is 1. The maximum absolute atomic E-state index is 13.2. The lowest BCUT2D eigenvalue weighted by Gasteiger charge is -2.37. The summed E-state index contributed by atoms with van der Waals surface area (Å²) in [4.78, 5) is 27.2. The number of carboxylic acids is 1. The van der Waals surface area contributed by atoms with Gasteiger partial charge in [-0.05, 0) is 44.0 Å². The van der Waals surface area contributed by atoms with Crippen LogP contribution in [0.5, 0.6) is 0 Å². The van der Waals surface area contributed by atoms with Crippen LogP contribution in [0.25, 0.3) is 0 Å². The number of nitrogens with zero attached hydrogens (tertiary/aromatic N) is 5. The van der Waals surface area contributed by atoms with E-state index in [1.807, 2.05) is 25.1 Å². The van der Waals surface area contributed by atoms with Crippen LogP contribution >= 0.6 is 0 Å². The van der Waals surface area contributed by atoms with Crippen LogP contribution in [-0.2, 0) is 4.79 Å². The number of halogens is 1. The van der Waals surface area contributed by atoms with E-state index in [1.165, 1.54) is 12.1 Å². The van der Waals surface area contributed by atoms with Gasteiger partial charge in [0.2, 0.25) is 5.95 Å². The fourth-order valence-electron chi connectivity index (χ4n) is 4.01. The molecule has 29 heavy (non-hydrogen) atoms. The van der Waals surface area contributed by atoms with Crippen molar-refractivity contribution in [2.75, 3.05) is 54.0 Å². The van der Waals surface area contributed by atoms with Crippen LogP contribution in [0.4, 0.5) is 21.8 Å². The van der Waals surface area contributed by atoms with Crippen LogP contribution in [0.3, 0.4) is 0 Å². The molecule has 0 spiro atoms. The van der Waals surface area contributed by atoms with Gasteiger partial charge < -0.3 is 19.8 Å². The van der Waals surface area contributed by atoms with Gasteiger partial charge >= 0.3 is 5.97 Å². The molecule has 2 aliphatic rings. The van der Waals surface area contributed by atoms with E-state index < -0.39 is 5.97 Å². The Hall–Kier alpha value is -2.90. The minimum Gasteiger partial charge on any atom is -0.481 e. The van der Waals surface area contributed by atoms with Gasteiger partial charge in [-0.3, -0.25) is 4.79 Å². The number of benzene rings is 1. The van der Waals surface area contributed by atoms with Crippen LogP contribution in [0.15, 0.2) is 30.3 Å². The molecular formula is C21H26FN5O2. The molecule has 0 atom stereocenters. The maximum atomic E-state index is 13.2. The minimum atomic E-state index is -0.705. The first-order valence-corrected chi connectivity index (χ1v) is 10.1. The van der Waals surface area contributed by atoms with Crippen LogP contribution in [0, 0.1) is 18.7 Å². The number of hydrogen-bond acceptors (Lipinski definition) is 6. The molecule has 2 aliphatic heterocycles. The van der Waals surface area contributed by atoms with Gasteiger partial charge in [0.05, 0.1) is 5.92 Å². The number of rotatable bonds is 4. The molecule has 154 valence electrons. The van der Waals surface area contributed by atoms with Crippen molar-refractivity contribution in [3.63, 3.8) is 0 Å². The first kappa shape index (κ1) is 19.4. The average molecular weight is 399 g/mol. The Morgan fingerprint density at radius 3 is 2.21 bits per heavy atom. The van der Waals surface area contributed by atoms with Gasteiger partial charge in [-0.25, -0.2) is 9.37 Å². The zero-order chi connectivity index (χ0) is 20.4. The number of anilines is 3. The second-order valence-corrected chi connectivity index (χ2v) is 7.72. The molecule has 0 bridgehead atoms. The lowest BCUT2D eigenvalue weighted by molar-refractivity contribution is -0.142. The summed E-state index contributed by atoms with van der Waals surface area (Å²) in [5, 5.41) is 9.20. The Labute approximate surface area is 169 Å². The zero-order valence-corrected chi connectivity index (χ0v) is 16.6. The van der Waals surface area contributed by atoms with E-state index in [0.29, 0.717) is 25.9 Å². The van der Waals surface area contributed by atoms with Crippen LogP contribution < -0.4 is 14.7 Å². The number of aryl methyl sites for hydroxylation is 1. The third-order valence-electron chi connectivity index (χ3n) is 5.75. The van der Waals surface area contributed by atoms with Crippen molar-refractivity contribution in [1.82, 2.24) is 9.97 Å². The summed E-state index contributed by atoms with van der Waals surface area (Å²) in [6, 6.07) is 8.58. The Bertz CT molecular complexity index is 860. The molecular weight excluding hydrogens is 373 g/mol. The summed E-state index contributed by atoms with van der Waals surface area (Å²) in [6.07, 6.45) is 1.29. The second kappa shape index (κ2) is 8.23. The third-order valence-corrected chi connectivity index (χ3v) is 5.75. The summed E-state index contributed by atoms with van der Waals surface area (Å²) in [7, 11) is 0. The summed E-state index contributed by atoms with van der Waals surface area (Å²) in [5.74, 6) is 0.410. The third kappa shape index (κ3) is 4.41. The lowest BCUT2D eigenvalue weighted by Crippen LogP contribution is -2.47. The highest BCUT2D eigenvalue weighted by atomic mass is 19.1. The monoisotopic (exact) mass is 399 g/mol. The van der Waals surface area contributed by atoms with Gasteiger partial charge in [-0.2, -0.15) is 4.98 Å². The van der Waals surface area contributed by atoms with Crippen molar-refractivity contribution in [3.05, 3.63) is 41.8 Å². The molecule has 7 nitrogen and oxygen atoms in total. The zero-order valence-electron chi connectivity index (χ0n) is 16.6. The molecule has 0 aliphatic carbocycles. The van der Waals surface area contributed by atoms with E-state index in [4.69, 9.17) is 4.98 Å². The highest BCUT2D eigenvalue weighted by molar-refractivity contribution is 5.70. The van der Waals surface area contributed by atoms with Crippen LogP contribution in [-0.4, -0.2) is 60.3 Å². The highest BCUT2D eigenvalue weighted by Gasteiger charge is 2.26. The van der Waals surface area contributed by atoms with Crippen molar-refractivity contribution < 1.29 is 14.3 Å². The standard InChI is InChI=1S/C21H26FN5O2/c1-15-14-19(26-8-6-16(7-9-26)20(28)29)24-21(23-15)27-12-10-25(11-13-27)18-4-2-17(22)3-5-18/h2-5,14,16H,6-13H2,1H3,(H,28,29). The Morgan fingerprint density at radius 1 is 0.966 bits per heavy atom. The molecule has 8 heteroatoms. The number of carbonyl (C=O) groups is 1. The van der Waals surface area contributed by atoms with Gasteiger partial charge in [0.15, 0.2) is 0 Å². The Kier molecular flexibility index (Phi) is 5.51. The molecule has 0 radical (unpaired) electrons. The van der Waals surface area contributed by atoms with Gasteiger partial charge in [0.25, 0.3) is 0 Å². The van der Waals surface area contributed by atoms with E-state index in [0.717, 1.165) is 49.3 Å². The molecule has 1 N–H and O–H groups in total. The molecule has 3 heterocycles. The van der Waals surface area contributed by atoms with E-state index in [9.17, 15) is 14.3 Å². The summed E-state index contributed by atoms with van der Waals surface area (Å²) in [5.41, 5.74) is 1.93. The van der Waals surface area contributed by atoms with Gasteiger partial charge in [0, 0.05) is 56.7 Å². The van der Waals surface area contributed by atoms with Crippen molar-refractivity contribution >= 4 is 23.4 Å². The second-order valence-electron chi connectivity index (χ2n) is 7.72. The molecule has 4 rings (SSSR count). The van der Waals surface area contributed by atoms with Crippen LogP contribution in [0.1, 0.15) is 18.5 Å². The molecule has 2 fully saturated rings. The van der Waals surface area contributed by atoms with Gasteiger partial charge in [-0.15, -0.1) is 0 Å². The maximum Gasteiger partial charge on any atom is 0.306 e. The SMILES string of the molecule is Cc1cc(N2CCC(C(=O)O)CC2)nc(N2CCN(c3ccc(F)cc3)CC2)n1. The molecule has 1 aromatic heterocycles. The molecule has 2 saturated heterocycles. The van der Waals surface area contributed by atoms with E-state index >= 15 is 0 Å². The topological polar surface area (TPSA) is 72.8 Å². The summed E-state index contributed by atoms with van der Waals surface area (Å²) >= 11 is 0. The average Bonchev–Trinajstić information content (AvgIpc) is 2.74. The Balaban J connectivity index is 1.42. The quantitative estimate of drug-likeness (QED) is 0.847. The fourth-order valence-corrected chi connectivity index (χ4v) is 4.01. The first-order chi connectivity index (χ1) is 14.0. The van der Waals surface area contributed by atoms with E-state index in [1.54, 1.807) is 0 Å². The molecule has 0 unspecified atom stereocenters. The summed E-state index contributed by atoms with van der Waals surface area (Å²) in [6.45, 7) is 6.59. The summed E-state index contributed by atoms with van der Waals surface area (Å²) < 4.78 is 13.2. The van der Waals surface area contributed by atoms with Gasteiger partial charge in [0.1, 0.15) is 11.6 Å².